The van der Waals surface area contributed by atoms with Crippen molar-refractivity contribution in [3.8, 4) is 5.75 Å². The molecule has 0 aliphatic carbocycles. The van der Waals surface area contributed by atoms with Gasteiger partial charge >= 0.3 is 0 Å². The average molecular weight is 274 g/mol. The van der Waals surface area contributed by atoms with E-state index in [2.05, 4.69) is 29.5 Å². The SMILES string of the molecule is CCOc1ccc(CNC(C)c2c(C)noc2C)cc1. The summed E-state index contributed by atoms with van der Waals surface area (Å²) in [7, 11) is 0. The first kappa shape index (κ1) is 14.6. The summed E-state index contributed by atoms with van der Waals surface area (Å²) in [6.45, 7) is 9.53. The van der Waals surface area contributed by atoms with Crippen molar-refractivity contribution in [3.63, 3.8) is 0 Å². The molecule has 1 atom stereocenters. The van der Waals surface area contributed by atoms with Crippen molar-refractivity contribution >= 4 is 0 Å². The molecule has 0 saturated carbocycles. The van der Waals surface area contributed by atoms with E-state index >= 15 is 0 Å². The van der Waals surface area contributed by atoms with Crippen LogP contribution in [0.4, 0.5) is 0 Å². The van der Waals surface area contributed by atoms with Crippen molar-refractivity contribution in [3.05, 3.63) is 46.8 Å². The highest BCUT2D eigenvalue weighted by Gasteiger charge is 2.15. The molecule has 0 saturated heterocycles. The zero-order valence-corrected chi connectivity index (χ0v) is 12.6. The van der Waals surface area contributed by atoms with Crippen molar-refractivity contribution in [2.75, 3.05) is 6.61 Å². The second-order valence-electron chi connectivity index (χ2n) is 4.92. The van der Waals surface area contributed by atoms with Gasteiger partial charge in [0.25, 0.3) is 0 Å². The monoisotopic (exact) mass is 274 g/mol. The smallest absolute Gasteiger partial charge is 0.138 e. The zero-order chi connectivity index (χ0) is 14.5. The topological polar surface area (TPSA) is 47.3 Å². The van der Waals surface area contributed by atoms with Crippen molar-refractivity contribution in [1.82, 2.24) is 10.5 Å². The molecule has 1 N–H and O–H groups in total. The van der Waals surface area contributed by atoms with Gasteiger partial charge in [0.05, 0.1) is 12.3 Å². The molecule has 0 spiro atoms. The van der Waals surface area contributed by atoms with Gasteiger partial charge < -0.3 is 14.6 Å². The van der Waals surface area contributed by atoms with Gasteiger partial charge in [0, 0.05) is 18.2 Å². The number of benzene rings is 1. The van der Waals surface area contributed by atoms with Gasteiger partial charge in [-0.3, -0.25) is 0 Å². The van der Waals surface area contributed by atoms with Gasteiger partial charge in [-0.2, -0.15) is 0 Å². The van der Waals surface area contributed by atoms with Crippen molar-refractivity contribution in [2.24, 2.45) is 0 Å². The molecular weight excluding hydrogens is 252 g/mol. The molecule has 108 valence electrons. The lowest BCUT2D eigenvalue weighted by Gasteiger charge is -2.14. The van der Waals surface area contributed by atoms with Crippen LogP contribution in [0.3, 0.4) is 0 Å². The minimum Gasteiger partial charge on any atom is -0.494 e. The van der Waals surface area contributed by atoms with Gasteiger partial charge in [0.1, 0.15) is 11.5 Å². The molecule has 1 heterocycles. The number of rotatable bonds is 6. The Kier molecular flexibility index (Phi) is 4.79. The molecule has 0 fully saturated rings. The van der Waals surface area contributed by atoms with Crippen LogP contribution in [0, 0.1) is 13.8 Å². The molecule has 2 rings (SSSR count). The number of aryl methyl sites for hydroxylation is 2. The van der Waals surface area contributed by atoms with Crippen molar-refractivity contribution in [2.45, 2.75) is 40.3 Å². The summed E-state index contributed by atoms with van der Waals surface area (Å²) in [5, 5.41) is 7.49. The second-order valence-corrected chi connectivity index (χ2v) is 4.92. The first-order valence-corrected chi connectivity index (χ1v) is 6.99. The largest absolute Gasteiger partial charge is 0.494 e. The average Bonchev–Trinajstić information content (AvgIpc) is 2.77. The summed E-state index contributed by atoms with van der Waals surface area (Å²) in [4.78, 5) is 0. The summed E-state index contributed by atoms with van der Waals surface area (Å²) in [5.41, 5.74) is 3.33. The predicted molar refractivity (Wildman–Crippen MR) is 78.8 cm³/mol. The Morgan fingerprint density at radius 2 is 1.95 bits per heavy atom. The number of nitrogens with zero attached hydrogens (tertiary/aromatic N) is 1. The molecule has 20 heavy (non-hydrogen) atoms. The molecule has 0 bridgehead atoms. The van der Waals surface area contributed by atoms with E-state index < -0.39 is 0 Å². The van der Waals surface area contributed by atoms with E-state index in [9.17, 15) is 0 Å². The molecule has 4 nitrogen and oxygen atoms in total. The molecule has 1 aromatic carbocycles. The summed E-state index contributed by atoms with van der Waals surface area (Å²) in [6, 6.07) is 8.38. The maximum Gasteiger partial charge on any atom is 0.138 e. The molecule has 2 aromatic rings. The minimum absolute atomic E-state index is 0.216. The summed E-state index contributed by atoms with van der Waals surface area (Å²) >= 11 is 0. The highest BCUT2D eigenvalue weighted by Crippen LogP contribution is 2.21. The van der Waals surface area contributed by atoms with E-state index in [1.807, 2.05) is 32.9 Å². The fourth-order valence-electron chi connectivity index (χ4n) is 2.35. The van der Waals surface area contributed by atoms with Crippen LogP contribution >= 0.6 is 0 Å². The third-order valence-corrected chi connectivity index (χ3v) is 3.37. The Hall–Kier alpha value is -1.81. The molecule has 0 radical (unpaired) electrons. The first-order valence-electron chi connectivity index (χ1n) is 6.99. The highest BCUT2D eigenvalue weighted by atomic mass is 16.5. The molecule has 1 unspecified atom stereocenters. The lowest BCUT2D eigenvalue weighted by atomic mass is 10.1. The quantitative estimate of drug-likeness (QED) is 0.875. The third kappa shape index (κ3) is 3.39. The lowest BCUT2D eigenvalue weighted by Crippen LogP contribution is -2.19. The van der Waals surface area contributed by atoms with Gasteiger partial charge in [-0.1, -0.05) is 17.3 Å². The number of nitrogens with one attached hydrogen (secondary N) is 1. The predicted octanol–water partition coefficient (Wildman–Crippen LogP) is 3.54. The third-order valence-electron chi connectivity index (χ3n) is 3.37. The van der Waals surface area contributed by atoms with Crippen molar-refractivity contribution < 1.29 is 9.26 Å². The van der Waals surface area contributed by atoms with E-state index in [1.54, 1.807) is 0 Å². The summed E-state index contributed by atoms with van der Waals surface area (Å²) in [5.74, 6) is 1.80. The maximum atomic E-state index is 5.44. The van der Waals surface area contributed by atoms with Gasteiger partial charge in [-0.15, -0.1) is 0 Å². The Morgan fingerprint density at radius 3 is 2.50 bits per heavy atom. The van der Waals surface area contributed by atoms with Crippen LogP contribution in [-0.2, 0) is 6.54 Å². The zero-order valence-electron chi connectivity index (χ0n) is 12.6. The van der Waals surface area contributed by atoms with E-state index in [1.165, 1.54) is 5.56 Å². The van der Waals surface area contributed by atoms with Gasteiger partial charge in [-0.25, -0.2) is 0 Å². The van der Waals surface area contributed by atoms with Gasteiger partial charge in [0.2, 0.25) is 0 Å². The number of hydrogen-bond acceptors (Lipinski definition) is 4. The van der Waals surface area contributed by atoms with E-state index in [4.69, 9.17) is 9.26 Å². The fourth-order valence-corrected chi connectivity index (χ4v) is 2.35. The fraction of sp³-hybridized carbons (Fsp3) is 0.438. The lowest BCUT2D eigenvalue weighted by molar-refractivity contribution is 0.340. The van der Waals surface area contributed by atoms with E-state index in [0.29, 0.717) is 6.61 Å². The van der Waals surface area contributed by atoms with Crippen LogP contribution in [0.2, 0.25) is 0 Å². The number of aromatic nitrogens is 1. The van der Waals surface area contributed by atoms with Gasteiger partial charge in [0.15, 0.2) is 0 Å². The summed E-state index contributed by atoms with van der Waals surface area (Å²) in [6.07, 6.45) is 0. The van der Waals surface area contributed by atoms with E-state index in [-0.39, 0.29) is 6.04 Å². The Balaban J connectivity index is 1.95. The molecular formula is C16H22N2O2. The standard InChI is InChI=1S/C16H22N2O2/c1-5-19-15-8-6-14(7-9-15)10-17-11(2)16-12(3)18-20-13(16)4/h6-9,11,17H,5,10H2,1-4H3. The Labute approximate surface area is 120 Å². The van der Waals surface area contributed by atoms with Crippen LogP contribution in [-0.4, -0.2) is 11.8 Å². The van der Waals surface area contributed by atoms with E-state index in [0.717, 1.165) is 29.3 Å². The van der Waals surface area contributed by atoms with Crippen molar-refractivity contribution in [1.29, 1.82) is 0 Å². The van der Waals surface area contributed by atoms with Crippen LogP contribution in [0.1, 0.15) is 42.5 Å². The molecule has 0 aliphatic rings. The van der Waals surface area contributed by atoms with Crippen LogP contribution < -0.4 is 10.1 Å². The van der Waals surface area contributed by atoms with Gasteiger partial charge in [-0.05, 0) is 45.4 Å². The van der Waals surface area contributed by atoms with Crippen LogP contribution in [0.25, 0.3) is 0 Å². The highest BCUT2D eigenvalue weighted by molar-refractivity contribution is 5.28. The van der Waals surface area contributed by atoms with Crippen LogP contribution in [0.5, 0.6) is 5.75 Å². The minimum atomic E-state index is 0.216. The molecule has 0 aliphatic heterocycles. The normalized spacial score (nSPS) is 12.4. The number of hydrogen-bond donors (Lipinski definition) is 1. The molecule has 1 aromatic heterocycles. The second kappa shape index (κ2) is 6.57. The van der Waals surface area contributed by atoms with Crippen LogP contribution in [0.15, 0.2) is 28.8 Å². The first-order chi connectivity index (χ1) is 9.61. The maximum absolute atomic E-state index is 5.44. The Bertz CT molecular complexity index is 527. The number of ether oxygens (including phenoxy) is 1. The Morgan fingerprint density at radius 1 is 1.25 bits per heavy atom. The molecule has 0 amide bonds. The molecule has 4 heteroatoms. The summed E-state index contributed by atoms with van der Waals surface area (Å²) < 4.78 is 10.6.